The number of halogens is 2. The maximum Gasteiger partial charge on any atom is 0.387 e. The van der Waals surface area contributed by atoms with Crippen LogP contribution in [0.3, 0.4) is 0 Å². The lowest BCUT2D eigenvalue weighted by atomic mass is 10.0. The van der Waals surface area contributed by atoms with Gasteiger partial charge in [0.05, 0.1) is 14.2 Å². The lowest BCUT2D eigenvalue weighted by molar-refractivity contribution is -0.114. The number of nitrogens with zero attached hydrogens (tertiary/aromatic N) is 1. The van der Waals surface area contributed by atoms with Gasteiger partial charge in [-0.2, -0.15) is 8.78 Å². The number of aryl methyl sites for hydroxylation is 1. The summed E-state index contributed by atoms with van der Waals surface area (Å²) in [5.74, 6) is 0.727. The number of methoxy groups -OCH3 is 2. The highest BCUT2D eigenvalue weighted by molar-refractivity contribution is 6.04. The molecule has 1 aliphatic heterocycles. The van der Waals surface area contributed by atoms with Gasteiger partial charge in [0.1, 0.15) is 5.75 Å². The Labute approximate surface area is 162 Å². The summed E-state index contributed by atoms with van der Waals surface area (Å²) in [6.07, 6.45) is 4.84. The van der Waals surface area contributed by atoms with Gasteiger partial charge in [0.15, 0.2) is 11.5 Å². The van der Waals surface area contributed by atoms with Crippen molar-refractivity contribution in [3.8, 4) is 17.2 Å². The van der Waals surface area contributed by atoms with E-state index in [1.165, 1.54) is 25.3 Å². The van der Waals surface area contributed by atoms with Crippen LogP contribution in [-0.4, -0.2) is 33.3 Å². The molecule has 0 radical (unpaired) electrons. The minimum absolute atomic E-state index is 0.0557. The van der Waals surface area contributed by atoms with E-state index in [-0.39, 0.29) is 17.4 Å². The normalized spacial score (nSPS) is 13.5. The zero-order valence-corrected chi connectivity index (χ0v) is 15.7. The molecular formula is C21H21F2NO4. The van der Waals surface area contributed by atoms with Crippen molar-refractivity contribution < 1.29 is 27.8 Å². The minimum Gasteiger partial charge on any atom is -0.497 e. The molecule has 1 heterocycles. The minimum atomic E-state index is -2.94. The third-order valence-corrected chi connectivity index (χ3v) is 4.49. The van der Waals surface area contributed by atoms with Gasteiger partial charge in [-0.15, -0.1) is 0 Å². The lowest BCUT2D eigenvalue weighted by Gasteiger charge is -2.29. The fourth-order valence-corrected chi connectivity index (χ4v) is 3.17. The molecule has 0 fully saturated rings. The van der Waals surface area contributed by atoms with Gasteiger partial charge in [-0.25, -0.2) is 0 Å². The maximum atomic E-state index is 12.7. The third-order valence-electron chi connectivity index (χ3n) is 4.49. The molecule has 0 saturated carbocycles. The van der Waals surface area contributed by atoms with Gasteiger partial charge in [-0.05, 0) is 60.4 Å². The first-order valence-corrected chi connectivity index (χ1v) is 8.81. The second-order valence-electron chi connectivity index (χ2n) is 6.21. The van der Waals surface area contributed by atoms with Crippen LogP contribution >= 0.6 is 0 Å². The molecule has 2 aromatic rings. The van der Waals surface area contributed by atoms with Crippen LogP contribution < -0.4 is 19.1 Å². The Morgan fingerprint density at radius 2 is 1.93 bits per heavy atom. The molecule has 28 heavy (non-hydrogen) atoms. The molecule has 5 nitrogen and oxygen atoms in total. The number of alkyl halides is 2. The monoisotopic (exact) mass is 389 g/mol. The number of carbonyl (C=O) groups is 1. The SMILES string of the molecule is COc1ccc2c(c1)CCCN2C(=O)/C=C/c1ccc(OC(F)F)c(OC)c1. The molecule has 0 aromatic heterocycles. The zero-order valence-electron chi connectivity index (χ0n) is 15.7. The highest BCUT2D eigenvalue weighted by Gasteiger charge is 2.21. The van der Waals surface area contributed by atoms with Gasteiger partial charge < -0.3 is 19.1 Å². The molecule has 0 atom stereocenters. The number of hydrogen-bond donors (Lipinski definition) is 0. The molecule has 0 unspecified atom stereocenters. The molecule has 1 aliphatic rings. The standard InChI is InChI=1S/C21H21F2NO4/c1-26-16-7-8-17-15(13-16)4-3-11-24(17)20(25)10-6-14-5-9-18(28-21(22)23)19(12-14)27-2/h5-10,12-13,21H,3-4,11H2,1-2H3/b10-6+. The molecule has 7 heteroatoms. The summed E-state index contributed by atoms with van der Waals surface area (Å²) in [6.45, 7) is -2.30. The number of anilines is 1. The average molecular weight is 389 g/mol. The molecule has 0 spiro atoms. The van der Waals surface area contributed by atoms with Crippen molar-refractivity contribution in [2.75, 3.05) is 25.7 Å². The maximum absolute atomic E-state index is 12.7. The van der Waals surface area contributed by atoms with E-state index < -0.39 is 6.61 Å². The number of hydrogen-bond acceptors (Lipinski definition) is 4. The first kappa shape index (κ1) is 19.7. The molecular weight excluding hydrogens is 368 g/mol. The molecule has 2 aromatic carbocycles. The predicted molar refractivity (Wildman–Crippen MR) is 102 cm³/mol. The van der Waals surface area contributed by atoms with Crippen molar-refractivity contribution >= 4 is 17.7 Å². The molecule has 3 rings (SSSR count). The second-order valence-corrected chi connectivity index (χ2v) is 6.21. The van der Waals surface area contributed by atoms with Crippen molar-refractivity contribution in [3.05, 3.63) is 53.6 Å². The summed E-state index contributed by atoms with van der Waals surface area (Å²) in [5.41, 5.74) is 2.58. The lowest BCUT2D eigenvalue weighted by Crippen LogP contribution is -2.34. The molecule has 0 saturated heterocycles. The van der Waals surface area contributed by atoms with Gasteiger partial charge in [0.25, 0.3) is 5.91 Å². The first-order valence-electron chi connectivity index (χ1n) is 8.81. The highest BCUT2D eigenvalue weighted by Crippen LogP contribution is 2.32. The summed E-state index contributed by atoms with van der Waals surface area (Å²) in [7, 11) is 2.98. The van der Waals surface area contributed by atoms with Gasteiger partial charge in [-0.3, -0.25) is 4.79 Å². The second kappa shape index (κ2) is 8.73. The summed E-state index contributed by atoms with van der Waals surface area (Å²) in [5, 5.41) is 0. The van der Waals surface area contributed by atoms with E-state index in [2.05, 4.69) is 4.74 Å². The van der Waals surface area contributed by atoms with E-state index in [9.17, 15) is 13.6 Å². The summed E-state index contributed by atoms with van der Waals surface area (Å²) in [6, 6.07) is 10.2. The van der Waals surface area contributed by atoms with Crippen molar-refractivity contribution in [2.45, 2.75) is 19.5 Å². The Bertz CT molecular complexity index is 883. The van der Waals surface area contributed by atoms with Crippen molar-refractivity contribution in [1.82, 2.24) is 0 Å². The third kappa shape index (κ3) is 4.42. The summed E-state index contributed by atoms with van der Waals surface area (Å²) < 4.78 is 39.6. The van der Waals surface area contributed by atoms with E-state index in [1.807, 2.05) is 18.2 Å². The summed E-state index contributed by atoms with van der Waals surface area (Å²) in [4.78, 5) is 14.4. The quantitative estimate of drug-likeness (QED) is 0.692. The fraction of sp³-hybridized carbons (Fsp3) is 0.286. The largest absolute Gasteiger partial charge is 0.497 e. The Balaban J connectivity index is 1.78. The smallest absolute Gasteiger partial charge is 0.387 e. The van der Waals surface area contributed by atoms with Crippen LogP contribution in [0.5, 0.6) is 17.2 Å². The number of amides is 1. The Hall–Kier alpha value is -3.09. The van der Waals surface area contributed by atoms with Crippen LogP contribution in [0.4, 0.5) is 14.5 Å². The van der Waals surface area contributed by atoms with E-state index >= 15 is 0 Å². The van der Waals surface area contributed by atoms with E-state index in [0.717, 1.165) is 29.8 Å². The van der Waals surface area contributed by atoms with Crippen LogP contribution in [0.15, 0.2) is 42.5 Å². The van der Waals surface area contributed by atoms with Crippen LogP contribution in [-0.2, 0) is 11.2 Å². The van der Waals surface area contributed by atoms with Crippen LogP contribution in [0.2, 0.25) is 0 Å². The van der Waals surface area contributed by atoms with Crippen LogP contribution in [0.25, 0.3) is 6.08 Å². The van der Waals surface area contributed by atoms with Gasteiger partial charge in [-0.1, -0.05) is 6.07 Å². The number of ether oxygens (including phenoxy) is 3. The number of fused-ring (bicyclic) bond motifs is 1. The number of benzene rings is 2. The molecule has 1 amide bonds. The van der Waals surface area contributed by atoms with Crippen molar-refractivity contribution in [2.24, 2.45) is 0 Å². The fourth-order valence-electron chi connectivity index (χ4n) is 3.17. The van der Waals surface area contributed by atoms with Crippen LogP contribution in [0.1, 0.15) is 17.5 Å². The molecule has 148 valence electrons. The first-order chi connectivity index (χ1) is 13.5. The van der Waals surface area contributed by atoms with Crippen molar-refractivity contribution in [1.29, 1.82) is 0 Å². The molecule has 0 aliphatic carbocycles. The highest BCUT2D eigenvalue weighted by atomic mass is 19.3. The summed E-state index contributed by atoms with van der Waals surface area (Å²) >= 11 is 0. The van der Waals surface area contributed by atoms with E-state index in [1.54, 1.807) is 24.2 Å². The molecule has 0 bridgehead atoms. The Kier molecular flexibility index (Phi) is 6.13. The Morgan fingerprint density at radius 1 is 1.11 bits per heavy atom. The van der Waals surface area contributed by atoms with Gasteiger partial charge >= 0.3 is 6.61 Å². The van der Waals surface area contributed by atoms with Gasteiger partial charge in [0, 0.05) is 18.3 Å². The van der Waals surface area contributed by atoms with E-state index in [4.69, 9.17) is 9.47 Å². The van der Waals surface area contributed by atoms with Crippen LogP contribution in [0, 0.1) is 0 Å². The van der Waals surface area contributed by atoms with E-state index in [0.29, 0.717) is 12.1 Å². The molecule has 0 N–H and O–H groups in total. The van der Waals surface area contributed by atoms with Gasteiger partial charge in [0.2, 0.25) is 0 Å². The number of rotatable bonds is 6. The number of carbonyl (C=O) groups excluding carboxylic acids is 1. The topological polar surface area (TPSA) is 48.0 Å². The average Bonchev–Trinajstić information content (AvgIpc) is 2.71. The zero-order chi connectivity index (χ0) is 20.1. The van der Waals surface area contributed by atoms with Crippen molar-refractivity contribution in [3.63, 3.8) is 0 Å². The Morgan fingerprint density at radius 3 is 2.64 bits per heavy atom. The predicted octanol–water partition coefficient (Wildman–Crippen LogP) is 4.30.